The molecule has 1 unspecified atom stereocenters. The van der Waals surface area contributed by atoms with Crippen LogP contribution < -0.4 is 14.4 Å². The van der Waals surface area contributed by atoms with Crippen LogP contribution in [0.2, 0.25) is 0 Å². The second-order valence-electron chi connectivity index (χ2n) is 7.26. The van der Waals surface area contributed by atoms with Crippen molar-refractivity contribution in [2.24, 2.45) is 0 Å². The summed E-state index contributed by atoms with van der Waals surface area (Å²) in [6.45, 7) is 8.05. The summed E-state index contributed by atoms with van der Waals surface area (Å²) in [6.07, 6.45) is 2.74. The minimum absolute atomic E-state index is 0.144. The minimum Gasteiger partial charge on any atom is -0.485 e. The van der Waals surface area contributed by atoms with Crippen LogP contribution in [0.25, 0.3) is 10.2 Å². The monoisotopic (exact) mass is 396 g/mol. The third kappa shape index (κ3) is 3.18. The van der Waals surface area contributed by atoms with E-state index in [1.165, 1.54) is 13.0 Å². The van der Waals surface area contributed by atoms with Gasteiger partial charge in [-0.1, -0.05) is 19.1 Å². The molecule has 6 nitrogen and oxygen atoms in total. The van der Waals surface area contributed by atoms with E-state index >= 15 is 0 Å². The van der Waals surface area contributed by atoms with Gasteiger partial charge in [-0.2, -0.15) is 0 Å². The summed E-state index contributed by atoms with van der Waals surface area (Å²) in [4.78, 5) is 15.1. The Morgan fingerprint density at radius 3 is 2.75 bits per heavy atom. The van der Waals surface area contributed by atoms with Crippen molar-refractivity contribution in [1.82, 2.24) is 14.9 Å². The maximum atomic E-state index is 6.28. The fourth-order valence-corrected chi connectivity index (χ4v) is 4.97. The van der Waals surface area contributed by atoms with Gasteiger partial charge in [0.25, 0.3) is 0 Å². The van der Waals surface area contributed by atoms with Crippen molar-refractivity contribution in [3.63, 3.8) is 0 Å². The molecular weight excluding hydrogens is 372 g/mol. The zero-order valence-electron chi connectivity index (χ0n) is 16.0. The van der Waals surface area contributed by atoms with E-state index in [2.05, 4.69) is 32.1 Å². The van der Waals surface area contributed by atoms with Gasteiger partial charge in [-0.05, 0) is 25.1 Å². The second-order valence-corrected chi connectivity index (χ2v) is 8.12. The third-order valence-corrected chi connectivity index (χ3v) is 6.35. The van der Waals surface area contributed by atoms with Gasteiger partial charge in [-0.15, -0.1) is 11.3 Å². The maximum Gasteiger partial charge on any atom is 0.162 e. The van der Waals surface area contributed by atoms with Crippen molar-refractivity contribution < 1.29 is 9.47 Å². The molecular formula is C21H24N4O2S. The molecule has 0 spiro atoms. The number of benzene rings is 1. The standard InChI is InChI=1S/C21H24N4O2S/c1-2-7-24-8-10-25(11-9-24)20-19-15(13-28-21(19)23-14-22-20)18-12-26-16-5-3-4-6-17(16)27-18/h3-6,13-14,18H,2,7-12H2,1H3. The SMILES string of the molecule is CCCN1CCN(c2ncnc3scc(C4COc5ccccc5O4)c23)CC1. The average Bonchev–Trinajstić information content (AvgIpc) is 3.19. The van der Waals surface area contributed by atoms with Crippen LogP contribution >= 0.6 is 11.3 Å². The van der Waals surface area contributed by atoms with Crippen molar-refractivity contribution in [1.29, 1.82) is 0 Å². The second kappa shape index (κ2) is 7.56. The van der Waals surface area contributed by atoms with Crippen LogP contribution in [-0.2, 0) is 0 Å². The number of rotatable bonds is 4. The first-order chi connectivity index (χ1) is 13.8. The molecule has 2 aromatic heterocycles. The van der Waals surface area contributed by atoms with Crippen LogP contribution in [-0.4, -0.2) is 54.2 Å². The molecule has 1 fully saturated rings. The van der Waals surface area contributed by atoms with Crippen LogP contribution in [0.1, 0.15) is 25.0 Å². The van der Waals surface area contributed by atoms with Crippen LogP contribution in [0.3, 0.4) is 0 Å². The van der Waals surface area contributed by atoms with Crippen molar-refractivity contribution in [3.05, 3.63) is 41.5 Å². The van der Waals surface area contributed by atoms with E-state index in [-0.39, 0.29) is 6.10 Å². The van der Waals surface area contributed by atoms with Gasteiger partial charge >= 0.3 is 0 Å². The zero-order valence-corrected chi connectivity index (χ0v) is 16.8. The van der Waals surface area contributed by atoms with Crippen LogP contribution in [0.5, 0.6) is 11.5 Å². The lowest BCUT2D eigenvalue weighted by molar-refractivity contribution is 0.0925. The normalized spacial score (nSPS) is 19.9. The Morgan fingerprint density at radius 2 is 1.93 bits per heavy atom. The van der Waals surface area contributed by atoms with E-state index in [0.29, 0.717) is 6.61 Å². The number of fused-ring (bicyclic) bond motifs is 2. The lowest BCUT2D eigenvalue weighted by Crippen LogP contribution is -2.46. The molecule has 28 heavy (non-hydrogen) atoms. The van der Waals surface area contributed by atoms with Gasteiger partial charge in [0.1, 0.15) is 23.6 Å². The van der Waals surface area contributed by atoms with E-state index in [0.717, 1.165) is 59.3 Å². The first kappa shape index (κ1) is 17.7. The van der Waals surface area contributed by atoms with Gasteiger partial charge in [-0.3, -0.25) is 4.90 Å². The number of para-hydroxylation sites is 2. The number of anilines is 1. The van der Waals surface area contributed by atoms with Crippen molar-refractivity contribution in [3.8, 4) is 11.5 Å². The Bertz CT molecular complexity index is 968. The highest BCUT2D eigenvalue weighted by molar-refractivity contribution is 7.17. The minimum atomic E-state index is -0.144. The Morgan fingerprint density at radius 1 is 1.11 bits per heavy atom. The Labute approximate surface area is 168 Å². The maximum absolute atomic E-state index is 6.28. The molecule has 4 heterocycles. The van der Waals surface area contributed by atoms with E-state index in [4.69, 9.17) is 9.47 Å². The van der Waals surface area contributed by atoms with Crippen molar-refractivity contribution in [2.45, 2.75) is 19.4 Å². The summed E-state index contributed by atoms with van der Waals surface area (Å²) >= 11 is 1.65. The highest BCUT2D eigenvalue weighted by Gasteiger charge is 2.28. The van der Waals surface area contributed by atoms with Crippen LogP contribution in [0, 0.1) is 0 Å². The molecule has 0 saturated carbocycles. The van der Waals surface area contributed by atoms with Gasteiger partial charge in [-0.25, -0.2) is 9.97 Å². The van der Waals surface area contributed by atoms with Crippen LogP contribution in [0.15, 0.2) is 36.0 Å². The van der Waals surface area contributed by atoms with Crippen LogP contribution in [0.4, 0.5) is 5.82 Å². The first-order valence-electron chi connectivity index (χ1n) is 9.91. The first-order valence-corrected chi connectivity index (χ1v) is 10.8. The van der Waals surface area contributed by atoms with E-state index in [1.807, 2.05) is 24.3 Å². The molecule has 0 amide bonds. The predicted molar refractivity (Wildman–Crippen MR) is 112 cm³/mol. The lowest BCUT2D eigenvalue weighted by atomic mass is 10.1. The summed E-state index contributed by atoms with van der Waals surface area (Å²) in [5.74, 6) is 2.63. The number of piperazine rings is 1. The van der Waals surface area contributed by atoms with Crippen molar-refractivity contribution in [2.75, 3.05) is 44.2 Å². The molecule has 0 bridgehead atoms. The summed E-state index contributed by atoms with van der Waals surface area (Å²) in [6, 6.07) is 7.84. The molecule has 0 aliphatic carbocycles. The molecule has 7 heteroatoms. The molecule has 0 N–H and O–H groups in total. The predicted octanol–water partition coefficient (Wildman–Crippen LogP) is 3.74. The summed E-state index contributed by atoms with van der Waals surface area (Å²) < 4.78 is 12.2. The number of ether oxygens (including phenoxy) is 2. The highest BCUT2D eigenvalue weighted by Crippen LogP contribution is 2.41. The third-order valence-electron chi connectivity index (χ3n) is 5.45. The molecule has 2 aliphatic rings. The van der Waals surface area contributed by atoms with Gasteiger partial charge in [0, 0.05) is 37.1 Å². The quantitative estimate of drug-likeness (QED) is 0.670. The summed E-state index contributed by atoms with van der Waals surface area (Å²) in [5, 5.41) is 3.27. The molecule has 1 aromatic carbocycles. The lowest BCUT2D eigenvalue weighted by Gasteiger charge is -2.35. The number of nitrogens with zero attached hydrogens (tertiary/aromatic N) is 4. The summed E-state index contributed by atoms with van der Waals surface area (Å²) in [7, 11) is 0. The highest BCUT2D eigenvalue weighted by atomic mass is 32.1. The van der Waals surface area contributed by atoms with Gasteiger partial charge < -0.3 is 14.4 Å². The average molecular weight is 397 g/mol. The number of aromatic nitrogens is 2. The molecule has 1 saturated heterocycles. The molecule has 0 radical (unpaired) electrons. The largest absolute Gasteiger partial charge is 0.485 e. The zero-order chi connectivity index (χ0) is 18.9. The van der Waals surface area contributed by atoms with Gasteiger partial charge in [0.2, 0.25) is 0 Å². The van der Waals surface area contributed by atoms with E-state index in [9.17, 15) is 0 Å². The number of hydrogen-bond acceptors (Lipinski definition) is 7. The van der Waals surface area contributed by atoms with Gasteiger partial charge in [0.15, 0.2) is 17.6 Å². The fraction of sp³-hybridized carbons (Fsp3) is 0.429. The topological polar surface area (TPSA) is 50.7 Å². The molecule has 3 aromatic rings. The fourth-order valence-electron chi connectivity index (χ4n) is 4.03. The molecule has 146 valence electrons. The Hall–Kier alpha value is -2.38. The molecule has 2 aliphatic heterocycles. The van der Waals surface area contributed by atoms with Gasteiger partial charge in [0.05, 0.1) is 5.39 Å². The van der Waals surface area contributed by atoms with E-state index < -0.39 is 0 Å². The summed E-state index contributed by atoms with van der Waals surface area (Å²) in [5.41, 5.74) is 1.13. The number of thiophene rings is 1. The molecule has 5 rings (SSSR count). The van der Waals surface area contributed by atoms with Crippen molar-refractivity contribution >= 4 is 27.4 Å². The number of hydrogen-bond donors (Lipinski definition) is 0. The smallest absolute Gasteiger partial charge is 0.162 e. The van der Waals surface area contributed by atoms with E-state index in [1.54, 1.807) is 17.7 Å². The molecule has 1 atom stereocenters. The Balaban J connectivity index is 1.45. The Kier molecular flexibility index (Phi) is 4.78.